The Bertz CT molecular complexity index is 640. The Balaban J connectivity index is 1.99. The topological polar surface area (TPSA) is 74.5 Å². The van der Waals surface area contributed by atoms with E-state index in [1.165, 1.54) is 5.56 Å². The lowest BCUT2D eigenvalue weighted by Gasteiger charge is -2.31. The van der Waals surface area contributed by atoms with Crippen LogP contribution in [-0.4, -0.2) is 54.2 Å². The number of carbonyl (C=O) groups is 1. The lowest BCUT2D eigenvalue weighted by Crippen LogP contribution is -2.49. The van der Waals surface area contributed by atoms with Crippen LogP contribution in [0.25, 0.3) is 0 Å². The third-order valence-electron chi connectivity index (χ3n) is 5.33. The number of guanidine groups is 1. The molecule has 1 aliphatic carbocycles. The molecule has 1 saturated carbocycles. The van der Waals surface area contributed by atoms with Gasteiger partial charge in [-0.15, -0.1) is 0 Å². The molecule has 0 bridgehead atoms. The van der Waals surface area contributed by atoms with E-state index in [1.54, 1.807) is 11.9 Å². The molecule has 1 aliphatic rings. The van der Waals surface area contributed by atoms with E-state index in [1.807, 2.05) is 32.7 Å². The van der Waals surface area contributed by atoms with Crippen LogP contribution in [0.2, 0.25) is 0 Å². The molecule has 2 N–H and O–H groups in total. The smallest absolute Gasteiger partial charge is 0.230 e. The van der Waals surface area contributed by atoms with Crippen LogP contribution in [0.5, 0.6) is 0 Å². The number of aryl methyl sites for hydroxylation is 2. The van der Waals surface area contributed by atoms with Gasteiger partial charge < -0.3 is 15.5 Å². The van der Waals surface area contributed by atoms with E-state index in [0.29, 0.717) is 13.1 Å². The van der Waals surface area contributed by atoms with Crippen molar-refractivity contribution < 1.29 is 4.79 Å². The maximum atomic E-state index is 12.7. The number of hydrogen-bond acceptors (Lipinski definition) is 3. The van der Waals surface area contributed by atoms with Gasteiger partial charge in [0.05, 0.1) is 11.1 Å². The molecule has 25 heavy (non-hydrogen) atoms. The fourth-order valence-corrected chi connectivity index (χ4v) is 3.71. The highest BCUT2D eigenvalue weighted by molar-refractivity contribution is 5.85. The summed E-state index contributed by atoms with van der Waals surface area (Å²) >= 11 is 0. The largest absolute Gasteiger partial charge is 0.355 e. The SMILES string of the molecule is CN=C(NCc1c(C)nn(C)c1C)NCC1(C(=O)N(C)C)CCCC1. The Morgan fingerprint density at radius 3 is 2.40 bits per heavy atom. The lowest BCUT2D eigenvalue weighted by molar-refractivity contribution is -0.138. The highest BCUT2D eigenvalue weighted by Gasteiger charge is 2.42. The fraction of sp³-hybridized carbons (Fsp3) is 0.722. The van der Waals surface area contributed by atoms with Crippen LogP contribution in [0, 0.1) is 19.3 Å². The first-order valence-corrected chi connectivity index (χ1v) is 8.96. The molecule has 1 fully saturated rings. The summed E-state index contributed by atoms with van der Waals surface area (Å²) in [6.07, 6.45) is 4.10. The van der Waals surface area contributed by atoms with Crippen molar-refractivity contribution in [3.63, 3.8) is 0 Å². The zero-order valence-electron chi connectivity index (χ0n) is 16.4. The van der Waals surface area contributed by atoms with Gasteiger partial charge in [-0.25, -0.2) is 0 Å². The molecule has 1 amide bonds. The fourth-order valence-electron chi connectivity index (χ4n) is 3.71. The number of rotatable bonds is 5. The van der Waals surface area contributed by atoms with Gasteiger partial charge in [-0.05, 0) is 26.7 Å². The second-order valence-corrected chi connectivity index (χ2v) is 7.24. The Morgan fingerprint density at radius 1 is 1.28 bits per heavy atom. The first-order valence-electron chi connectivity index (χ1n) is 8.96. The molecule has 1 aromatic rings. The van der Waals surface area contributed by atoms with Crippen LogP contribution >= 0.6 is 0 Å². The van der Waals surface area contributed by atoms with Gasteiger partial charge >= 0.3 is 0 Å². The molecule has 0 spiro atoms. The number of hydrogen-bond donors (Lipinski definition) is 2. The van der Waals surface area contributed by atoms with Crippen molar-refractivity contribution in [2.24, 2.45) is 17.5 Å². The van der Waals surface area contributed by atoms with E-state index in [0.717, 1.165) is 43.0 Å². The van der Waals surface area contributed by atoms with Crippen LogP contribution in [0.4, 0.5) is 0 Å². The molecular formula is C18H32N6O. The summed E-state index contributed by atoms with van der Waals surface area (Å²) in [5.41, 5.74) is 3.06. The van der Waals surface area contributed by atoms with E-state index in [9.17, 15) is 4.79 Å². The molecule has 0 unspecified atom stereocenters. The number of aliphatic imine (C=N–C) groups is 1. The number of carbonyl (C=O) groups excluding carboxylic acids is 1. The molecule has 1 heterocycles. The summed E-state index contributed by atoms with van der Waals surface area (Å²) in [6.45, 7) is 5.37. The Labute approximate surface area is 150 Å². The zero-order valence-corrected chi connectivity index (χ0v) is 16.4. The minimum absolute atomic E-state index is 0.215. The maximum absolute atomic E-state index is 12.7. The standard InChI is InChI=1S/C18H32N6O/c1-13-15(14(2)24(6)22-13)11-20-17(19-3)21-12-18(9-7-8-10-18)16(25)23(4)5/h7-12H2,1-6H3,(H2,19,20,21). The van der Waals surface area contributed by atoms with Gasteiger partial charge in [-0.3, -0.25) is 14.5 Å². The van der Waals surface area contributed by atoms with Gasteiger partial charge in [0.15, 0.2) is 5.96 Å². The summed E-state index contributed by atoms with van der Waals surface area (Å²) < 4.78 is 1.89. The Kier molecular flexibility index (Phi) is 6.08. The van der Waals surface area contributed by atoms with Crippen LogP contribution in [-0.2, 0) is 18.4 Å². The number of amides is 1. The summed E-state index contributed by atoms with van der Waals surface area (Å²) in [5, 5.41) is 11.2. The third kappa shape index (κ3) is 4.14. The van der Waals surface area contributed by atoms with Crippen molar-refractivity contribution in [1.82, 2.24) is 25.3 Å². The molecular weight excluding hydrogens is 316 g/mol. The second-order valence-electron chi connectivity index (χ2n) is 7.24. The van der Waals surface area contributed by atoms with Gasteiger partial charge in [-0.1, -0.05) is 12.8 Å². The average Bonchev–Trinajstić information content (AvgIpc) is 3.14. The lowest BCUT2D eigenvalue weighted by atomic mass is 9.84. The summed E-state index contributed by atoms with van der Waals surface area (Å²) in [5.74, 6) is 0.937. The minimum Gasteiger partial charge on any atom is -0.355 e. The van der Waals surface area contributed by atoms with E-state index in [4.69, 9.17) is 0 Å². The van der Waals surface area contributed by atoms with Crippen molar-refractivity contribution in [3.8, 4) is 0 Å². The molecule has 0 atom stereocenters. The van der Waals surface area contributed by atoms with E-state index in [2.05, 4.69) is 27.6 Å². The van der Waals surface area contributed by atoms with Crippen LogP contribution in [0.3, 0.4) is 0 Å². The maximum Gasteiger partial charge on any atom is 0.230 e. The second kappa shape index (κ2) is 7.89. The minimum atomic E-state index is -0.304. The Morgan fingerprint density at radius 2 is 1.92 bits per heavy atom. The van der Waals surface area contributed by atoms with Gasteiger partial charge in [0.2, 0.25) is 5.91 Å². The predicted molar refractivity (Wildman–Crippen MR) is 100 cm³/mol. The van der Waals surface area contributed by atoms with Gasteiger partial charge in [-0.2, -0.15) is 5.10 Å². The summed E-state index contributed by atoms with van der Waals surface area (Å²) in [6, 6.07) is 0. The first kappa shape index (κ1) is 19.3. The third-order valence-corrected chi connectivity index (χ3v) is 5.33. The normalized spacial score (nSPS) is 16.8. The number of nitrogens with zero attached hydrogens (tertiary/aromatic N) is 4. The highest BCUT2D eigenvalue weighted by atomic mass is 16.2. The van der Waals surface area contributed by atoms with E-state index >= 15 is 0 Å². The molecule has 7 heteroatoms. The molecule has 0 aromatic carbocycles. The van der Waals surface area contributed by atoms with Crippen LogP contribution in [0.15, 0.2) is 4.99 Å². The summed E-state index contributed by atoms with van der Waals surface area (Å²) in [4.78, 5) is 18.7. The van der Waals surface area contributed by atoms with Crippen molar-refractivity contribution in [3.05, 3.63) is 17.0 Å². The highest BCUT2D eigenvalue weighted by Crippen LogP contribution is 2.38. The first-order chi connectivity index (χ1) is 11.8. The van der Waals surface area contributed by atoms with Gasteiger partial charge in [0, 0.05) is 52.5 Å². The molecule has 7 nitrogen and oxygen atoms in total. The van der Waals surface area contributed by atoms with Crippen molar-refractivity contribution >= 4 is 11.9 Å². The molecule has 0 saturated heterocycles. The van der Waals surface area contributed by atoms with Gasteiger partial charge in [0.1, 0.15) is 0 Å². The summed E-state index contributed by atoms with van der Waals surface area (Å²) in [7, 11) is 7.38. The van der Waals surface area contributed by atoms with E-state index < -0.39 is 0 Å². The molecule has 2 rings (SSSR count). The molecule has 1 aromatic heterocycles. The zero-order chi connectivity index (χ0) is 18.6. The van der Waals surface area contributed by atoms with Gasteiger partial charge in [0.25, 0.3) is 0 Å². The molecule has 0 aliphatic heterocycles. The number of aromatic nitrogens is 2. The van der Waals surface area contributed by atoms with Crippen LogP contribution in [0.1, 0.15) is 42.6 Å². The monoisotopic (exact) mass is 348 g/mol. The van der Waals surface area contributed by atoms with Crippen molar-refractivity contribution in [2.45, 2.75) is 46.1 Å². The van der Waals surface area contributed by atoms with Crippen LogP contribution < -0.4 is 10.6 Å². The average molecular weight is 348 g/mol. The van der Waals surface area contributed by atoms with E-state index in [-0.39, 0.29) is 11.3 Å². The molecule has 0 radical (unpaired) electrons. The molecule has 140 valence electrons. The Hall–Kier alpha value is -2.05. The van der Waals surface area contributed by atoms with Crippen molar-refractivity contribution in [2.75, 3.05) is 27.7 Å². The number of nitrogens with one attached hydrogen (secondary N) is 2. The van der Waals surface area contributed by atoms with Crippen molar-refractivity contribution in [1.29, 1.82) is 0 Å². The predicted octanol–water partition coefficient (Wildman–Crippen LogP) is 1.35. The quantitative estimate of drug-likeness (QED) is 0.622.